The fourth-order valence-corrected chi connectivity index (χ4v) is 4.99. The van der Waals surface area contributed by atoms with Gasteiger partial charge in [-0.25, -0.2) is 4.79 Å². The van der Waals surface area contributed by atoms with E-state index in [1.165, 1.54) is 0 Å². The van der Waals surface area contributed by atoms with Crippen molar-refractivity contribution in [3.63, 3.8) is 0 Å². The molecular weight excluding hydrogens is 510 g/mol. The van der Waals surface area contributed by atoms with Gasteiger partial charge in [0, 0.05) is 17.5 Å². The van der Waals surface area contributed by atoms with Gasteiger partial charge in [-0.05, 0) is 68.5 Å². The minimum Gasteiger partial charge on any atom is -0.444 e. The van der Waals surface area contributed by atoms with Crippen LogP contribution in [0.25, 0.3) is 10.8 Å². The van der Waals surface area contributed by atoms with Gasteiger partial charge < -0.3 is 20.3 Å². The summed E-state index contributed by atoms with van der Waals surface area (Å²) in [6.07, 6.45) is 0.0645. The Labute approximate surface area is 235 Å². The molecule has 3 aromatic carbocycles. The number of anilines is 1. The van der Waals surface area contributed by atoms with Gasteiger partial charge in [-0.3, -0.25) is 9.59 Å². The second-order valence-electron chi connectivity index (χ2n) is 11.3. The van der Waals surface area contributed by atoms with E-state index in [4.69, 9.17) is 4.74 Å². The molecule has 0 heterocycles. The third-order valence-electron chi connectivity index (χ3n) is 6.75. The zero-order valence-electron chi connectivity index (χ0n) is 23.1. The van der Waals surface area contributed by atoms with E-state index >= 15 is 0 Å². The summed E-state index contributed by atoms with van der Waals surface area (Å²) in [4.78, 5) is 42.3. The number of benzene rings is 3. The first-order chi connectivity index (χ1) is 18.5. The van der Waals surface area contributed by atoms with Crippen molar-refractivity contribution < 1.29 is 19.1 Å². The Kier molecular flexibility index (Phi) is 8.54. The average molecular weight is 548 g/mol. The molecule has 1 aliphatic carbocycles. The maximum Gasteiger partial charge on any atom is 0.408 e. The second-order valence-corrected chi connectivity index (χ2v) is 11.6. The number of aryl methyl sites for hydroxylation is 1. The van der Waals surface area contributed by atoms with Gasteiger partial charge >= 0.3 is 6.09 Å². The Bertz CT molecular complexity index is 1370. The molecule has 4 atom stereocenters. The van der Waals surface area contributed by atoms with Gasteiger partial charge in [-0.1, -0.05) is 67.1 Å². The minimum atomic E-state index is -0.961. The molecule has 1 aliphatic rings. The number of carbonyl (C=O) groups is 3. The molecule has 4 rings (SSSR count). The van der Waals surface area contributed by atoms with Crippen LogP contribution in [0.1, 0.15) is 51.3 Å². The van der Waals surface area contributed by atoms with Crippen molar-refractivity contribution in [2.45, 2.75) is 64.8 Å². The van der Waals surface area contributed by atoms with E-state index in [1.807, 2.05) is 73.7 Å². The summed E-state index contributed by atoms with van der Waals surface area (Å²) in [5.74, 6) is -0.414. The number of nitrogens with one attached hydrogen (secondary N) is 2. The number of rotatable bonds is 8. The molecule has 1 saturated carbocycles. The van der Waals surface area contributed by atoms with Gasteiger partial charge in [0.25, 0.3) is 5.91 Å². The van der Waals surface area contributed by atoms with Crippen molar-refractivity contribution in [2.75, 3.05) is 11.1 Å². The molecule has 4 unspecified atom stereocenters. The zero-order chi connectivity index (χ0) is 28.3. The van der Waals surface area contributed by atoms with E-state index < -0.39 is 23.8 Å². The third-order valence-corrected chi connectivity index (χ3v) is 7.12. The van der Waals surface area contributed by atoms with Crippen LogP contribution in [0.3, 0.4) is 0 Å². The lowest BCUT2D eigenvalue weighted by Crippen LogP contribution is -2.54. The molecule has 1 fully saturated rings. The maximum absolute atomic E-state index is 14.1. The zero-order valence-corrected chi connectivity index (χ0v) is 24.0. The first-order valence-electron chi connectivity index (χ1n) is 13.3. The number of carbonyl (C=O) groups excluding carboxylic acids is 3. The summed E-state index contributed by atoms with van der Waals surface area (Å²) in [6, 6.07) is 19.3. The Morgan fingerprint density at radius 3 is 2.33 bits per heavy atom. The number of hydrogen-bond donors (Lipinski definition) is 3. The monoisotopic (exact) mass is 547 g/mol. The predicted octanol–water partition coefficient (Wildman–Crippen LogP) is 5.89. The van der Waals surface area contributed by atoms with E-state index in [9.17, 15) is 14.4 Å². The number of ether oxygens (including phenoxy) is 1. The van der Waals surface area contributed by atoms with Gasteiger partial charge in [-0.2, -0.15) is 12.6 Å². The molecule has 0 aromatic heterocycles. The van der Waals surface area contributed by atoms with Crippen LogP contribution in [0.15, 0.2) is 66.7 Å². The van der Waals surface area contributed by atoms with E-state index in [0.29, 0.717) is 11.3 Å². The summed E-state index contributed by atoms with van der Waals surface area (Å²) >= 11 is 4.37. The standard InChI is InChI=1S/C31H37N3O4S/c1-19-9-8-12-23(15-19)27(28(35)32-24-14-13-21-10-6-7-11-22(21)17-24)34(26-16-20(26)2)29(36)25(18-39)33-30(37)38-31(3,4)5/h6-15,17,20,25-27,39H,16,18H2,1-5H3,(H,32,35)(H,33,37). The van der Waals surface area contributed by atoms with Gasteiger partial charge in [0.05, 0.1) is 0 Å². The van der Waals surface area contributed by atoms with Crippen molar-refractivity contribution >= 4 is 47.0 Å². The topological polar surface area (TPSA) is 87.7 Å². The van der Waals surface area contributed by atoms with Crippen LogP contribution < -0.4 is 10.6 Å². The molecule has 8 heteroatoms. The molecule has 39 heavy (non-hydrogen) atoms. The molecule has 0 radical (unpaired) electrons. The first-order valence-corrected chi connectivity index (χ1v) is 13.9. The average Bonchev–Trinajstić information content (AvgIpc) is 3.59. The highest BCUT2D eigenvalue weighted by molar-refractivity contribution is 7.80. The highest BCUT2D eigenvalue weighted by Gasteiger charge is 2.48. The minimum absolute atomic E-state index is 0.0580. The molecule has 3 amide bonds. The van der Waals surface area contributed by atoms with Crippen LogP contribution in [0.5, 0.6) is 0 Å². The molecular formula is C31H37N3O4S. The van der Waals surface area contributed by atoms with Crippen molar-refractivity contribution in [3.8, 4) is 0 Å². The van der Waals surface area contributed by atoms with E-state index in [2.05, 4.69) is 30.2 Å². The number of fused-ring (bicyclic) bond motifs is 1. The van der Waals surface area contributed by atoms with Crippen LogP contribution in [0.2, 0.25) is 0 Å². The quantitative estimate of drug-likeness (QED) is 0.307. The lowest BCUT2D eigenvalue weighted by Gasteiger charge is -2.35. The van der Waals surface area contributed by atoms with Crippen molar-refractivity contribution in [1.82, 2.24) is 10.2 Å². The molecule has 0 spiro atoms. The Morgan fingerprint density at radius 1 is 1.03 bits per heavy atom. The van der Waals surface area contributed by atoms with Gasteiger partial charge in [0.1, 0.15) is 17.7 Å². The number of thiol groups is 1. The maximum atomic E-state index is 14.1. The van der Waals surface area contributed by atoms with E-state index in [-0.39, 0.29) is 29.5 Å². The van der Waals surface area contributed by atoms with Crippen LogP contribution in [0.4, 0.5) is 10.5 Å². The number of nitrogens with zero attached hydrogens (tertiary/aromatic N) is 1. The second kappa shape index (κ2) is 11.7. The fraction of sp³-hybridized carbons (Fsp3) is 0.387. The van der Waals surface area contributed by atoms with Gasteiger partial charge in [0.2, 0.25) is 5.91 Å². The SMILES string of the molecule is Cc1cccc(C(C(=O)Nc2ccc3ccccc3c2)N(C(=O)C(CS)NC(=O)OC(C)(C)C)C2CC2C)c1. The Hall–Kier alpha value is -3.52. The Balaban J connectivity index is 1.69. The summed E-state index contributed by atoms with van der Waals surface area (Å²) in [7, 11) is 0. The normalized spacial score (nSPS) is 18.1. The molecule has 0 aliphatic heterocycles. The molecule has 206 valence electrons. The van der Waals surface area contributed by atoms with E-state index in [0.717, 1.165) is 22.8 Å². The van der Waals surface area contributed by atoms with E-state index in [1.54, 1.807) is 25.7 Å². The fourth-order valence-electron chi connectivity index (χ4n) is 4.74. The smallest absolute Gasteiger partial charge is 0.408 e. The summed E-state index contributed by atoms with van der Waals surface area (Å²) < 4.78 is 5.39. The third kappa shape index (κ3) is 7.12. The van der Waals surface area contributed by atoms with Crippen LogP contribution in [0, 0.1) is 12.8 Å². The molecule has 7 nitrogen and oxygen atoms in total. The van der Waals surface area contributed by atoms with Crippen LogP contribution in [-0.4, -0.2) is 46.2 Å². The lowest BCUT2D eigenvalue weighted by molar-refractivity contribution is -0.141. The van der Waals surface area contributed by atoms with Crippen LogP contribution in [-0.2, 0) is 14.3 Å². The van der Waals surface area contributed by atoms with Crippen molar-refractivity contribution in [1.29, 1.82) is 0 Å². The lowest BCUT2D eigenvalue weighted by atomic mass is 10.00. The predicted molar refractivity (Wildman–Crippen MR) is 158 cm³/mol. The molecule has 3 aromatic rings. The summed E-state index contributed by atoms with van der Waals surface area (Å²) in [6.45, 7) is 9.28. The molecule has 0 saturated heterocycles. The first kappa shape index (κ1) is 28.5. The number of amides is 3. The largest absolute Gasteiger partial charge is 0.444 e. The summed E-state index contributed by atoms with van der Waals surface area (Å²) in [5.41, 5.74) is 1.61. The van der Waals surface area contributed by atoms with Crippen molar-refractivity contribution in [2.24, 2.45) is 5.92 Å². The molecule has 2 N–H and O–H groups in total. The summed E-state index contributed by atoms with van der Waals surface area (Å²) in [5, 5.41) is 7.79. The highest BCUT2D eigenvalue weighted by Crippen LogP contribution is 2.41. The number of hydrogen-bond acceptors (Lipinski definition) is 5. The highest BCUT2D eigenvalue weighted by atomic mass is 32.1. The Morgan fingerprint density at radius 2 is 1.72 bits per heavy atom. The number of alkyl carbamates (subject to hydrolysis) is 1. The molecule has 0 bridgehead atoms. The van der Waals surface area contributed by atoms with Crippen molar-refractivity contribution in [3.05, 3.63) is 77.9 Å². The van der Waals surface area contributed by atoms with Gasteiger partial charge in [-0.15, -0.1) is 0 Å². The van der Waals surface area contributed by atoms with Gasteiger partial charge in [0.15, 0.2) is 0 Å². The van der Waals surface area contributed by atoms with Crippen LogP contribution >= 0.6 is 12.6 Å².